The van der Waals surface area contributed by atoms with Crippen LogP contribution in [-0.4, -0.2) is 20.9 Å². The summed E-state index contributed by atoms with van der Waals surface area (Å²) in [6.45, 7) is 3.14. The van der Waals surface area contributed by atoms with Crippen LogP contribution in [0.5, 0.6) is 0 Å². The van der Waals surface area contributed by atoms with Gasteiger partial charge in [0.05, 0.1) is 42.2 Å². The standard InChI is InChI=1S/C25H18ClN5O2/c1-15-23(3-2-8-28-15)31(25(32)17-5-6-18(10-27)29-11-17)12-16-4-7-19-20-13-33-14-21(20)24(26)30-22(19)9-16/h2-9,11H,12-14H2,1H3. The fourth-order valence-electron chi connectivity index (χ4n) is 4.00. The van der Waals surface area contributed by atoms with Gasteiger partial charge in [0.1, 0.15) is 16.9 Å². The van der Waals surface area contributed by atoms with Gasteiger partial charge < -0.3 is 9.64 Å². The van der Waals surface area contributed by atoms with Crippen LogP contribution in [0.4, 0.5) is 5.69 Å². The van der Waals surface area contributed by atoms with Crippen LogP contribution in [0.3, 0.4) is 0 Å². The molecule has 5 rings (SSSR count). The molecule has 0 aliphatic carbocycles. The maximum atomic E-state index is 13.5. The predicted octanol–water partition coefficient (Wildman–Crippen LogP) is 4.74. The van der Waals surface area contributed by atoms with Gasteiger partial charge in [0.25, 0.3) is 5.91 Å². The van der Waals surface area contributed by atoms with Gasteiger partial charge in [-0.05, 0) is 48.4 Å². The van der Waals surface area contributed by atoms with E-state index in [1.807, 2.05) is 37.3 Å². The van der Waals surface area contributed by atoms with Gasteiger partial charge in [0, 0.05) is 23.3 Å². The number of nitriles is 1. The van der Waals surface area contributed by atoms with Gasteiger partial charge in [-0.15, -0.1) is 0 Å². The van der Waals surface area contributed by atoms with Crippen molar-refractivity contribution >= 4 is 34.1 Å². The summed E-state index contributed by atoms with van der Waals surface area (Å²) in [5.74, 6) is -0.239. The number of ether oxygens (including phenoxy) is 1. The Labute approximate surface area is 195 Å². The second-order valence-electron chi connectivity index (χ2n) is 7.75. The van der Waals surface area contributed by atoms with Crippen molar-refractivity contribution in [3.05, 3.63) is 93.7 Å². The SMILES string of the molecule is Cc1ncccc1N(Cc1ccc2c3c(c(Cl)nc2c1)COC3)C(=O)c1ccc(C#N)nc1. The number of aryl methyl sites for hydroxylation is 1. The zero-order chi connectivity index (χ0) is 22.9. The first-order chi connectivity index (χ1) is 16.0. The molecule has 4 heterocycles. The molecule has 0 bridgehead atoms. The molecule has 1 aliphatic rings. The number of carbonyl (C=O) groups excluding carboxylic acids is 1. The van der Waals surface area contributed by atoms with Crippen molar-refractivity contribution < 1.29 is 9.53 Å². The highest BCUT2D eigenvalue weighted by Gasteiger charge is 2.23. The molecule has 4 aromatic rings. The van der Waals surface area contributed by atoms with E-state index < -0.39 is 0 Å². The summed E-state index contributed by atoms with van der Waals surface area (Å²) in [5.41, 5.74) is 5.72. The van der Waals surface area contributed by atoms with E-state index in [4.69, 9.17) is 21.6 Å². The lowest BCUT2D eigenvalue weighted by Crippen LogP contribution is -2.31. The first-order valence-electron chi connectivity index (χ1n) is 10.3. The smallest absolute Gasteiger partial charge is 0.260 e. The first-order valence-corrected chi connectivity index (χ1v) is 10.7. The van der Waals surface area contributed by atoms with Gasteiger partial charge in [0.2, 0.25) is 0 Å². The maximum Gasteiger partial charge on any atom is 0.260 e. The largest absolute Gasteiger partial charge is 0.372 e. The van der Waals surface area contributed by atoms with Crippen molar-refractivity contribution in [1.29, 1.82) is 5.26 Å². The highest BCUT2D eigenvalue weighted by Crippen LogP contribution is 2.33. The minimum absolute atomic E-state index is 0.239. The molecular formula is C25H18ClN5O2. The fourth-order valence-corrected chi connectivity index (χ4v) is 4.26. The fraction of sp³-hybridized carbons (Fsp3) is 0.160. The van der Waals surface area contributed by atoms with Gasteiger partial charge >= 0.3 is 0 Å². The van der Waals surface area contributed by atoms with Crippen LogP contribution in [0.15, 0.2) is 54.9 Å². The number of carbonyl (C=O) groups is 1. The van der Waals surface area contributed by atoms with Gasteiger partial charge in [-0.2, -0.15) is 5.26 Å². The van der Waals surface area contributed by atoms with Crippen LogP contribution in [0.1, 0.15) is 38.4 Å². The van der Waals surface area contributed by atoms with Crippen LogP contribution < -0.4 is 4.90 Å². The normalized spacial score (nSPS) is 12.4. The summed E-state index contributed by atoms with van der Waals surface area (Å²) < 4.78 is 5.56. The minimum Gasteiger partial charge on any atom is -0.372 e. The van der Waals surface area contributed by atoms with E-state index in [9.17, 15) is 4.79 Å². The molecule has 0 N–H and O–H groups in total. The van der Waals surface area contributed by atoms with Crippen molar-refractivity contribution in [2.24, 2.45) is 0 Å². The van der Waals surface area contributed by atoms with E-state index in [-0.39, 0.29) is 11.6 Å². The molecule has 0 atom stereocenters. The van der Waals surface area contributed by atoms with Gasteiger partial charge in [-0.3, -0.25) is 9.78 Å². The topological polar surface area (TPSA) is 92.0 Å². The zero-order valence-corrected chi connectivity index (χ0v) is 18.5. The molecule has 1 aliphatic heterocycles. The van der Waals surface area contributed by atoms with Crippen LogP contribution in [0, 0.1) is 18.3 Å². The number of benzene rings is 1. The summed E-state index contributed by atoms with van der Waals surface area (Å²) in [6.07, 6.45) is 3.11. The first kappa shape index (κ1) is 21.0. The second-order valence-corrected chi connectivity index (χ2v) is 8.11. The van der Waals surface area contributed by atoms with Crippen LogP contribution in [-0.2, 0) is 24.5 Å². The number of pyridine rings is 3. The van der Waals surface area contributed by atoms with Gasteiger partial charge in [-0.25, -0.2) is 9.97 Å². The Balaban J connectivity index is 1.55. The summed E-state index contributed by atoms with van der Waals surface area (Å²) >= 11 is 6.38. The zero-order valence-electron chi connectivity index (χ0n) is 17.7. The monoisotopic (exact) mass is 455 g/mol. The van der Waals surface area contributed by atoms with Crippen LogP contribution >= 0.6 is 11.6 Å². The lowest BCUT2D eigenvalue weighted by molar-refractivity contribution is 0.0984. The third-order valence-electron chi connectivity index (χ3n) is 5.69. The number of halogens is 1. The Hall–Kier alpha value is -3.86. The summed E-state index contributed by atoms with van der Waals surface area (Å²) in [4.78, 5) is 28.1. The maximum absolute atomic E-state index is 13.5. The van der Waals surface area contributed by atoms with Crippen molar-refractivity contribution in [2.75, 3.05) is 4.90 Å². The van der Waals surface area contributed by atoms with E-state index in [1.165, 1.54) is 12.3 Å². The van der Waals surface area contributed by atoms with Crippen molar-refractivity contribution in [1.82, 2.24) is 15.0 Å². The molecule has 7 nitrogen and oxygen atoms in total. The molecule has 0 spiro atoms. The van der Waals surface area contributed by atoms with E-state index in [1.54, 1.807) is 23.2 Å². The van der Waals surface area contributed by atoms with E-state index >= 15 is 0 Å². The molecule has 1 amide bonds. The predicted molar refractivity (Wildman–Crippen MR) is 124 cm³/mol. The Bertz CT molecular complexity index is 1430. The minimum atomic E-state index is -0.239. The number of fused-ring (bicyclic) bond motifs is 3. The highest BCUT2D eigenvalue weighted by molar-refractivity contribution is 6.30. The molecule has 0 unspecified atom stereocenters. The molecular weight excluding hydrogens is 438 g/mol. The molecule has 3 aromatic heterocycles. The average molecular weight is 456 g/mol. The van der Waals surface area contributed by atoms with Gasteiger partial charge in [0.15, 0.2) is 0 Å². The molecule has 0 radical (unpaired) electrons. The van der Waals surface area contributed by atoms with Crippen molar-refractivity contribution in [3.8, 4) is 6.07 Å². The summed E-state index contributed by atoms with van der Waals surface area (Å²) in [5, 5.41) is 10.5. The third-order valence-corrected chi connectivity index (χ3v) is 6.01. The molecule has 8 heteroatoms. The number of hydrogen-bond donors (Lipinski definition) is 0. The highest BCUT2D eigenvalue weighted by atomic mass is 35.5. The third kappa shape index (κ3) is 3.91. The average Bonchev–Trinajstić information content (AvgIpc) is 3.34. The van der Waals surface area contributed by atoms with Crippen LogP contribution in [0.25, 0.3) is 10.9 Å². The van der Waals surface area contributed by atoms with E-state index in [2.05, 4.69) is 15.0 Å². The molecule has 162 valence electrons. The number of amides is 1. The van der Waals surface area contributed by atoms with E-state index in [0.29, 0.717) is 36.2 Å². The van der Waals surface area contributed by atoms with Crippen LogP contribution in [0.2, 0.25) is 5.15 Å². The number of nitrogens with zero attached hydrogens (tertiary/aromatic N) is 5. The number of rotatable bonds is 4. The van der Waals surface area contributed by atoms with Gasteiger partial charge in [-0.1, -0.05) is 23.7 Å². The number of anilines is 1. The molecule has 0 saturated carbocycles. The molecule has 0 saturated heterocycles. The molecule has 33 heavy (non-hydrogen) atoms. The van der Waals surface area contributed by atoms with E-state index in [0.717, 1.165) is 33.3 Å². The lowest BCUT2D eigenvalue weighted by atomic mass is 10.0. The number of hydrogen-bond acceptors (Lipinski definition) is 6. The Morgan fingerprint density at radius 1 is 1.18 bits per heavy atom. The number of aromatic nitrogens is 3. The Morgan fingerprint density at radius 3 is 2.79 bits per heavy atom. The van der Waals surface area contributed by atoms with Crippen molar-refractivity contribution in [3.63, 3.8) is 0 Å². The second kappa shape index (κ2) is 8.58. The summed E-state index contributed by atoms with van der Waals surface area (Å²) in [7, 11) is 0. The quantitative estimate of drug-likeness (QED) is 0.413. The summed E-state index contributed by atoms with van der Waals surface area (Å²) in [6, 6.07) is 14.7. The Morgan fingerprint density at radius 2 is 2.03 bits per heavy atom. The lowest BCUT2D eigenvalue weighted by Gasteiger charge is -2.24. The molecule has 0 fully saturated rings. The molecule has 1 aromatic carbocycles. The Kier molecular flexibility index (Phi) is 5.47. The van der Waals surface area contributed by atoms with Crippen molar-refractivity contribution in [2.45, 2.75) is 26.7 Å².